The first-order valence-corrected chi connectivity index (χ1v) is 6.25. The van der Waals surface area contributed by atoms with Gasteiger partial charge in [0.25, 0.3) is 0 Å². The predicted molar refractivity (Wildman–Crippen MR) is 73.3 cm³/mol. The molecule has 0 amide bonds. The molecule has 2 rings (SSSR count). The highest BCUT2D eigenvalue weighted by Crippen LogP contribution is 2.30. The van der Waals surface area contributed by atoms with E-state index in [4.69, 9.17) is 17.3 Å². The third-order valence-corrected chi connectivity index (χ3v) is 3.43. The van der Waals surface area contributed by atoms with E-state index in [-0.39, 0.29) is 5.02 Å². The van der Waals surface area contributed by atoms with Crippen molar-refractivity contribution >= 4 is 11.6 Å². The molecule has 1 atom stereocenters. The summed E-state index contributed by atoms with van der Waals surface area (Å²) in [7, 11) is 0. The van der Waals surface area contributed by atoms with E-state index >= 15 is 0 Å². The van der Waals surface area contributed by atoms with Crippen LogP contribution in [0.3, 0.4) is 0 Å². The first-order chi connectivity index (χ1) is 8.90. The first kappa shape index (κ1) is 14.0. The molecule has 0 aliphatic heterocycles. The molecule has 0 radical (unpaired) electrons. The highest BCUT2D eigenvalue weighted by molar-refractivity contribution is 6.31. The van der Waals surface area contributed by atoms with Gasteiger partial charge in [-0.3, -0.25) is 0 Å². The molecule has 100 valence electrons. The Morgan fingerprint density at radius 2 is 1.68 bits per heavy atom. The minimum Gasteiger partial charge on any atom is -0.320 e. The molecule has 0 aliphatic rings. The number of rotatable bonds is 2. The Morgan fingerprint density at radius 3 is 2.37 bits per heavy atom. The number of nitrogens with two attached hydrogens (primary N) is 1. The van der Waals surface area contributed by atoms with E-state index in [0.717, 1.165) is 5.56 Å². The summed E-state index contributed by atoms with van der Waals surface area (Å²) in [5, 5.41) is 0.205. The van der Waals surface area contributed by atoms with Crippen molar-refractivity contribution in [2.75, 3.05) is 0 Å². The van der Waals surface area contributed by atoms with Crippen LogP contribution in [0.25, 0.3) is 0 Å². The van der Waals surface area contributed by atoms with Crippen LogP contribution in [0.4, 0.5) is 8.78 Å². The van der Waals surface area contributed by atoms with Crippen molar-refractivity contribution in [3.05, 3.63) is 69.2 Å². The molecule has 2 N–H and O–H groups in total. The van der Waals surface area contributed by atoms with Gasteiger partial charge in [-0.1, -0.05) is 29.3 Å². The second-order valence-electron chi connectivity index (χ2n) is 4.63. The van der Waals surface area contributed by atoms with Gasteiger partial charge in [-0.2, -0.15) is 0 Å². The number of benzene rings is 2. The highest BCUT2D eigenvalue weighted by atomic mass is 35.5. The Labute approximate surface area is 116 Å². The molecule has 0 saturated carbocycles. The van der Waals surface area contributed by atoms with E-state index in [9.17, 15) is 8.78 Å². The normalized spacial score (nSPS) is 12.5. The monoisotopic (exact) mass is 281 g/mol. The van der Waals surface area contributed by atoms with Crippen molar-refractivity contribution < 1.29 is 8.78 Å². The molecule has 2 aromatic carbocycles. The fourth-order valence-corrected chi connectivity index (χ4v) is 2.25. The van der Waals surface area contributed by atoms with Gasteiger partial charge in [0.05, 0.1) is 6.04 Å². The summed E-state index contributed by atoms with van der Waals surface area (Å²) in [4.78, 5) is 0. The Bertz CT molecular complexity index is 626. The van der Waals surface area contributed by atoms with Gasteiger partial charge in [0, 0.05) is 10.6 Å². The SMILES string of the molecule is Cc1ccc(F)c(C(N)c2cc(C)c(F)cc2Cl)c1. The van der Waals surface area contributed by atoms with Crippen LogP contribution in [-0.2, 0) is 0 Å². The van der Waals surface area contributed by atoms with Crippen LogP contribution in [0.15, 0.2) is 30.3 Å². The zero-order valence-electron chi connectivity index (χ0n) is 10.7. The molecule has 0 saturated heterocycles. The lowest BCUT2D eigenvalue weighted by atomic mass is 9.96. The van der Waals surface area contributed by atoms with Crippen molar-refractivity contribution in [1.29, 1.82) is 0 Å². The lowest BCUT2D eigenvalue weighted by Crippen LogP contribution is -2.15. The van der Waals surface area contributed by atoms with Crippen LogP contribution in [0.5, 0.6) is 0 Å². The standard InChI is InChI=1S/C15H14ClF2N/c1-8-3-4-13(17)11(5-8)15(19)10-6-9(2)14(18)7-12(10)16/h3-7,15H,19H2,1-2H3. The average molecular weight is 282 g/mol. The molecule has 2 aromatic rings. The first-order valence-electron chi connectivity index (χ1n) is 5.87. The predicted octanol–water partition coefficient (Wildman–Crippen LogP) is 4.28. The third-order valence-electron chi connectivity index (χ3n) is 3.10. The lowest BCUT2D eigenvalue weighted by molar-refractivity contribution is 0.597. The molecule has 0 fully saturated rings. The Morgan fingerprint density at radius 1 is 1.00 bits per heavy atom. The van der Waals surface area contributed by atoms with Gasteiger partial charge in [0.15, 0.2) is 0 Å². The quantitative estimate of drug-likeness (QED) is 0.873. The Kier molecular flexibility index (Phi) is 3.88. The van der Waals surface area contributed by atoms with Crippen LogP contribution in [0.2, 0.25) is 5.02 Å². The summed E-state index contributed by atoms with van der Waals surface area (Å²) in [5.74, 6) is -0.790. The average Bonchev–Trinajstić information content (AvgIpc) is 2.36. The maximum absolute atomic E-state index is 13.8. The maximum Gasteiger partial charge on any atom is 0.128 e. The van der Waals surface area contributed by atoms with Crippen molar-refractivity contribution in [2.24, 2.45) is 5.73 Å². The van der Waals surface area contributed by atoms with Gasteiger partial charge in [0.1, 0.15) is 11.6 Å². The Hall–Kier alpha value is -1.45. The van der Waals surface area contributed by atoms with Gasteiger partial charge in [-0.05, 0) is 43.2 Å². The second-order valence-corrected chi connectivity index (χ2v) is 5.03. The molecular weight excluding hydrogens is 268 g/mol. The van der Waals surface area contributed by atoms with Crippen molar-refractivity contribution in [2.45, 2.75) is 19.9 Å². The van der Waals surface area contributed by atoms with Crippen molar-refractivity contribution in [3.8, 4) is 0 Å². The summed E-state index contributed by atoms with van der Waals surface area (Å²) >= 11 is 6.00. The van der Waals surface area contributed by atoms with Crippen LogP contribution in [-0.4, -0.2) is 0 Å². The molecule has 0 aromatic heterocycles. The summed E-state index contributed by atoms with van der Waals surface area (Å²) in [6.07, 6.45) is 0. The number of halogens is 3. The third kappa shape index (κ3) is 2.77. The minimum atomic E-state index is -0.716. The highest BCUT2D eigenvalue weighted by Gasteiger charge is 2.18. The van der Waals surface area contributed by atoms with Crippen LogP contribution < -0.4 is 5.73 Å². The lowest BCUT2D eigenvalue weighted by Gasteiger charge is -2.16. The van der Waals surface area contributed by atoms with E-state index in [1.807, 2.05) is 6.92 Å². The molecule has 0 bridgehead atoms. The summed E-state index contributed by atoms with van der Waals surface area (Å²) < 4.78 is 27.2. The molecule has 19 heavy (non-hydrogen) atoms. The molecular formula is C15H14ClF2N. The van der Waals surface area contributed by atoms with E-state index in [1.54, 1.807) is 25.1 Å². The van der Waals surface area contributed by atoms with Crippen LogP contribution in [0, 0.1) is 25.5 Å². The van der Waals surface area contributed by atoms with E-state index in [2.05, 4.69) is 0 Å². The van der Waals surface area contributed by atoms with E-state index in [1.165, 1.54) is 12.1 Å². The van der Waals surface area contributed by atoms with Gasteiger partial charge < -0.3 is 5.73 Å². The number of aryl methyl sites for hydroxylation is 2. The molecule has 1 nitrogen and oxygen atoms in total. The van der Waals surface area contributed by atoms with Gasteiger partial charge in [-0.25, -0.2) is 8.78 Å². The van der Waals surface area contributed by atoms with Gasteiger partial charge in [0.2, 0.25) is 0 Å². The second kappa shape index (κ2) is 5.27. The minimum absolute atomic E-state index is 0.205. The van der Waals surface area contributed by atoms with E-state index < -0.39 is 17.7 Å². The largest absolute Gasteiger partial charge is 0.320 e. The zero-order valence-corrected chi connectivity index (χ0v) is 11.4. The fourth-order valence-electron chi connectivity index (χ4n) is 1.99. The fraction of sp³-hybridized carbons (Fsp3) is 0.200. The van der Waals surface area contributed by atoms with Crippen LogP contribution >= 0.6 is 11.6 Å². The summed E-state index contributed by atoms with van der Waals surface area (Å²) in [6.45, 7) is 3.47. The molecule has 0 spiro atoms. The molecule has 4 heteroatoms. The number of hydrogen-bond donors (Lipinski definition) is 1. The van der Waals surface area contributed by atoms with Crippen molar-refractivity contribution in [3.63, 3.8) is 0 Å². The molecule has 1 unspecified atom stereocenters. The molecule has 0 aliphatic carbocycles. The smallest absolute Gasteiger partial charge is 0.128 e. The maximum atomic E-state index is 13.8. The van der Waals surface area contributed by atoms with Crippen LogP contribution in [0.1, 0.15) is 28.3 Å². The van der Waals surface area contributed by atoms with E-state index in [0.29, 0.717) is 16.7 Å². The van der Waals surface area contributed by atoms with Gasteiger partial charge >= 0.3 is 0 Å². The summed E-state index contributed by atoms with van der Waals surface area (Å²) in [5.41, 5.74) is 8.27. The van der Waals surface area contributed by atoms with Gasteiger partial charge in [-0.15, -0.1) is 0 Å². The topological polar surface area (TPSA) is 26.0 Å². The number of hydrogen-bond acceptors (Lipinski definition) is 1. The zero-order chi connectivity index (χ0) is 14.2. The summed E-state index contributed by atoms with van der Waals surface area (Å²) in [6, 6.07) is 6.77. The molecule has 0 heterocycles. The Balaban J connectivity index is 2.52. The van der Waals surface area contributed by atoms with Crippen molar-refractivity contribution in [1.82, 2.24) is 0 Å².